The normalized spacial score (nSPS) is 18.3. The van der Waals surface area contributed by atoms with Crippen molar-refractivity contribution in [3.8, 4) is 0 Å². The first-order chi connectivity index (χ1) is 10.3. The van der Waals surface area contributed by atoms with Crippen LogP contribution >= 0.6 is 0 Å². The zero-order valence-electron chi connectivity index (χ0n) is 11.3. The van der Waals surface area contributed by atoms with Crippen LogP contribution < -0.4 is 10.2 Å². The third-order valence-corrected chi connectivity index (χ3v) is 3.32. The molecular weight excluding hydrogens is 268 g/mol. The smallest absolute Gasteiger partial charge is 0.251 e. The number of anilines is 1. The summed E-state index contributed by atoms with van der Waals surface area (Å²) in [6.45, 7) is 0.403. The Balaban J connectivity index is 1.69. The van der Waals surface area contributed by atoms with E-state index in [2.05, 4.69) is 15.5 Å². The number of benzene rings is 1. The molecule has 0 aliphatic carbocycles. The molecule has 1 atom stereocenters. The van der Waals surface area contributed by atoms with Crippen molar-refractivity contribution in [2.24, 2.45) is 0 Å². The summed E-state index contributed by atoms with van der Waals surface area (Å²) in [6, 6.07) is 12.0. The lowest BCUT2D eigenvalue weighted by molar-refractivity contribution is -0.121. The lowest BCUT2D eigenvalue weighted by atomic mass is 10.2. The van der Waals surface area contributed by atoms with Crippen LogP contribution in [0.5, 0.6) is 0 Å². The third kappa shape index (κ3) is 2.80. The molecule has 1 aliphatic heterocycles. The molecule has 2 aromatic rings. The summed E-state index contributed by atoms with van der Waals surface area (Å²) in [6.07, 6.45) is 1.75. The van der Waals surface area contributed by atoms with Crippen LogP contribution in [0.1, 0.15) is 12.1 Å². The Morgan fingerprint density at radius 2 is 1.95 bits per heavy atom. The second-order valence-electron chi connectivity index (χ2n) is 4.76. The quantitative estimate of drug-likeness (QED) is 0.843. The summed E-state index contributed by atoms with van der Waals surface area (Å²) in [5.74, 6) is -0.419. The van der Waals surface area contributed by atoms with Crippen LogP contribution in [-0.4, -0.2) is 28.1 Å². The monoisotopic (exact) mass is 282 g/mol. The summed E-state index contributed by atoms with van der Waals surface area (Å²) in [5, 5.41) is 10.8. The molecule has 1 aliphatic rings. The van der Waals surface area contributed by atoms with E-state index in [1.165, 1.54) is 4.90 Å². The van der Waals surface area contributed by atoms with Gasteiger partial charge in [-0.2, -0.15) is 10.2 Å². The van der Waals surface area contributed by atoms with E-state index in [0.717, 1.165) is 5.69 Å². The second-order valence-corrected chi connectivity index (χ2v) is 4.76. The summed E-state index contributed by atoms with van der Waals surface area (Å²) in [4.78, 5) is 25.6. The molecule has 6 heteroatoms. The highest BCUT2D eigenvalue weighted by molar-refractivity contribution is 6.22. The molecule has 1 saturated heterocycles. The van der Waals surface area contributed by atoms with Crippen molar-refractivity contribution in [1.82, 2.24) is 15.5 Å². The molecule has 3 rings (SSSR count). The fourth-order valence-electron chi connectivity index (χ4n) is 2.30. The van der Waals surface area contributed by atoms with E-state index in [1.807, 2.05) is 12.1 Å². The Bertz CT molecular complexity index is 645. The molecule has 6 nitrogen and oxygen atoms in total. The maximum atomic E-state index is 12.3. The molecule has 1 N–H and O–H groups in total. The number of carbonyl (C=O) groups is 2. The Morgan fingerprint density at radius 3 is 2.67 bits per heavy atom. The minimum Gasteiger partial charge on any atom is -0.300 e. The van der Waals surface area contributed by atoms with Gasteiger partial charge in [0, 0.05) is 12.7 Å². The largest absolute Gasteiger partial charge is 0.300 e. The molecule has 0 radical (unpaired) electrons. The zero-order valence-corrected chi connectivity index (χ0v) is 11.3. The third-order valence-electron chi connectivity index (χ3n) is 3.32. The fourth-order valence-corrected chi connectivity index (χ4v) is 2.30. The summed E-state index contributed by atoms with van der Waals surface area (Å²) in [5.41, 5.74) is 1.34. The van der Waals surface area contributed by atoms with Crippen molar-refractivity contribution in [3.63, 3.8) is 0 Å². The van der Waals surface area contributed by atoms with Gasteiger partial charge >= 0.3 is 0 Å². The van der Waals surface area contributed by atoms with Crippen LogP contribution in [0.15, 0.2) is 48.7 Å². The molecule has 0 spiro atoms. The van der Waals surface area contributed by atoms with Crippen LogP contribution in [0.3, 0.4) is 0 Å². The molecule has 1 fully saturated rings. The van der Waals surface area contributed by atoms with Gasteiger partial charge in [0.1, 0.15) is 0 Å². The van der Waals surface area contributed by atoms with Gasteiger partial charge in [0.25, 0.3) is 5.91 Å². The van der Waals surface area contributed by atoms with Crippen LogP contribution in [0.4, 0.5) is 5.69 Å². The van der Waals surface area contributed by atoms with Crippen molar-refractivity contribution in [2.45, 2.75) is 19.0 Å². The molecule has 1 aromatic heterocycles. The van der Waals surface area contributed by atoms with Gasteiger partial charge in [-0.05, 0) is 24.3 Å². The summed E-state index contributed by atoms with van der Waals surface area (Å²) in [7, 11) is 0. The topological polar surface area (TPSA) is 75.2 Å². The average molecular weight is 282 g/mol. The highest BCUT2D eigenvalue weighted by atomic mass is 16.2. The molecule has 2 heterocycles. The van der Waals surface area contributed by atoms with Gasteiger partial charge in [0.05, 0.1) is 23.8 Å². The molecule has 0 saturated carbocycles. The SMILES string of the molecule is O=C1CC(NCc2cccnn2)C(=O)N1c1ccccc1. The average Bonchev–Trinajstić information content (AvgIpc) is 2.81. The van der Waals surface area contributed by atoms with Crippen molar-refractivity contribution >= 4 is 17.5 Å². The van der Waals surface area contributed by atoms with Crippen LogP contribution in [0, 0.1) is 0 Å². The van der Waals surface area contributed by atoms with Crippen LogP contribution in [0.2, 0.25) is 0 Å². The van der Waals surface area contributed by atoms with Crippen molar-refractivity contribution in [2.75, 3.05) is 4.90 Å². The van der Waals surface area contributed by atoms with Gasteiger partial charge in [0.2, 0.25) is 5.91 Å². The van der Waals surface area contributed by atoms with E-state index in [0.29, 0.717) is 12.2 Å². The minimum atomic E-state index is -0.514. The van der Waals surface area contributed by atoms with Gasteiger partial charge in [-0.25, -0.2) is 4.90 Å². The lowest BCUT2D eigenvalue weighted by Gasteiger charge is -2.15. The number of nitrogens with zero attached hydrogens (tertiary/aromatic N) is 3. The van der Waals surface area contributed by atoms with Crippen LogP contribution in [0.25, 0.3) is 0 Å². The van der Waals surface area contributed by atoms with Crippen molar-refractivity contribution in [3.05, 3.63) is 54.4 Å². The number of para-hydroxylation sites is 1. The number of nitrogens with one attached hydrogen (secondary N) is 1. The minimum absolute atomic E-state index is 0.161. The van der Waals surface area contributed by atoms with Gasteiger partial charge in [-0.15, -0.1) is 0 Å². The molecular formula is C15H14N4O2. The number of rotatable bonds is 4. The second kappa shape index (κ2) is 5.80. The van der Waals surface area contributed by atoms with Gasteiger partial charge in [0.15, 0.2) is 0 Å². The predicted molar refractivity (Wildman–Crippen MR) is 76.2 cm³/mol. The van der Waals surface area contributed by atoms with E-state index in [-0.39, 0.29) is 18.2 Å². The first-order valence-corrected chi connectivity index (χ1v) is 6.67. The predicted octanol–water partition coefficient (Wildman–Crippen LogP) is 0.898. The van der Waals surface area contributed by atoms with E-state index in [9.17, 15) is 9.59 Å². The lowest BCUT2D eigenvalue weighted by Crippen LogP contribution is -2.38. The fraction of sp³-hybridized carbons (Fsp3) is 0.200. The van der Waals surface area contributed by atoms with Crippen LogP contribution in [-0.2, 0) is 16.1 Å². The maximum absolute atomic E-state index is 12.3. The Labute approximate surface area is 121 Å². The Morgan fingerprint density at radius 1 is 1.14 bits per heavy atom. The van der Waals surface area contributed by atoms with E-state index in [4.69, 9.17) is 0 Å². The number of imide groups is 1. The number of aromatic nitrogens is 2. The van der Waals surface area contributed by atoms with Gasteiger partial charge in [-0.3, -0.25) is 14.9 Å². The van der Waals surface area contributed by atoms with Crippen molar-refractivity contribution < 1.29 is 9.59 Å². The molecule has 106 valence electrons. The Kier molecular flexibility index (Phi) is 3.70. The molecule has 1 aromatic carbocycles. The molecule has 0 bridgehead atoms. The molecule has 2 amide bonds. The Hall–Kier alpha value is -2.60. The van der Waals surface area contributed by atoms with Gasteiger partial charge in [-0.1, -0.05) is 18.2 Å². The van der Waals surface area contributed by atoms with Gasteiger partial charge < -0.3 is 0 Å². The van der Waals surface area contributed by atoms with E-state index < -0.39 is 6.04 Å². The summed E-state index contributed by atoms with van der Waals surface area (Å²) < 4.78 is 0. The van der Waals surface area contributed by atoms with Crippen molar-refractivity contribution in [1.29, 1.82) is 0 Å². The number of amides is 2. The number of hydrogen-bond donors (Lipinski definition) is 1. The first kappa shape index (κ1) is 13.4. The summed E-state index contributed by atoms with van der Waals surface area (Å²) >= 11 is 0. The first-order valence-electron chi connectivity index (χ1n) is 6.67. The maximum Gasteiger partial charge on any atom is 0.251 e. The number of hydrogen-bond acceptors (Lipinski definition) is 5. The highest BCUT2D eigenvalue weighted by Crippen LogP contribution is 2.22. The van der Waals surface area contributed by atoms with E-state index >= 15 is 0 Å². The zero-order chi connectivity index (χ0) is 14.7. The molecule has 1 unspecified atom stereocenters. The molecule has 21 heavy (non-hydrogen) atoms. The highest BCUT2D eigenvalue weighted by Gasteiger charge is 2.39. The number of carbonyl (C=O) groups excluding carboxylic acids is 2. The standard InChI is InChI=1S/C15H14N4O2/c20-14-9-13(16-10-11-5-4-8-17-18-11)15(21)19(14)12-6-2-1-3-7-12/h1-8,13,16H,9-10H2. The van der Waals surface area contributed by atoms with E-state index in [1.54, 1.807) is 36.5 Å².